The molecule has 2 amide bonds. The van der Waals surface area contributed by atoms with Crippen molar-refractivity contribution in [2.75, 3.05) is 33.2 Å². The van der Waals surface area contributed by atoms with Crippen molar-refractivity contribution in [2.45, 2.75) is 32.7 Å². The Kier molecular flexibility index (Phi) is 6.79. The van der Waals surface area contributed by atoms with Crippen molar-refractivity contribution in [1.29, 1.82) is 0 Å². The minimum Gasteiger partial charge on any atom is -0.348 e. The van der Waals surface area contributed by atoms with E-state index in [0.29, 0.717) is 19.0 Å². The minimum atomic E-state index is -0.0226. The molecule has 0 aliphatic heterocycles. The number of benzene rings is 1. The molecule has 1 N–H and O–H groups in total. The van der Waals surface area contributed by atoms with Gasteiger partial charge in [-0.05, 0) is 45.2 Å². The summed E-state index contributed by atoms with van der Waals surface area (Å²) in [5.74, 6) is 0.585. The molecular weight excluding hydrogens is 302 g/mol. The number of hydrogen-bond acceptors (Lipinski definition) is 3. The third-order valence-electron chi connectivity index (χ3n) is 4.50. The Bertz CT molecular complexity index is 539. The highest BCUT2D eigenvalue weighted by Crippen LogP contribution is 2.40. The lowest BCUT2D eigenvalue weighted by atomic mass is 10.0. The van der Waals surface area contributed by atoms with Crippen LogP contribution in [0.4, 0.5) is 0 Å². The van der Waals surface area contributed by atoms with Crippen molar-refractivity contribution in [1.82, 2.24) is 15.1 Å². The zero-order valence-electron chi connectivity index (χ0n) is 15.0. The number of nitrogens with zero attached hydrogens (tertiary/aromatic N) is 2. The molecule has 0 aromatic heterocycles. The highest BCUT2D eigenvalue weighted by molar-refractivity contribution is 5.81. The summed E-state index contributed by atoms with van der Waals surface area (Å²) >= 11 is 0. The summed E-state index contributed by atoms with van der Waals surface area (Å²) in [5, 5.41) is 3.15. The SMILES string of the molecule is CCN(CC)C(=O)CN(C)CC(=O)NC(c1ccccc1)C1CC1. The molecule has 1 aromatic rings. The van der Waals surface area contributed by atoms with Gasteiger partial charge >= 0.3 is 0 Å². The Morgan fingerprint density at radius 2 is 1.75 bits per heavy atom. The van der Waals surface area contributed by atoms with E-state index in [1.165, 1.54) is 0 Å². The van der Waals surface area contributed by atoms with Crippen LogP contribution in [0.5, 0.6) is 0 Å². The minimum absolute atomic E-state index is 0.0226. The normalized spacial score (nSPS) is 15.2. The maximum absolute atomic E-state index is 12.4. The average Bonchev–Trinajstić information content (AvgIpc) is 3.39. The highest BCUT2D eigenvalue weighted by atomic mass is 16.2. The fourth-order valence-corrected chi connectivity index (χ4v) is 2.99. The molecular formula is C19H29N3O2. The molecule has 1 aliphatic rings. The molecule has 0 heterocycles. The predicted molar refractivity (Wildman–Crippen MR) is 95.5 cm³/mol. The van der Waals surface area contributed by atoms with Crippen molar-refractivity contribution in [3.8, 4) is 0 Å². The Balaban J connectivity index is 1.86. The molecule has 0 radical (unpaired) electrons. The first-order chi connectivity index (χ1) is 11.5. The van der Waals surface area contributed by atoms with Gasteiger partial charge in [-0.2, -0.15) is 0 Å². The summed E-state index contributed by atoms with van der Waals surface area (Å²) in [5.41, 5.74) is 1.16. The number of amides is 2. The number of carbonyl (C=O) groups excluding carboxylic acids is 2. The van der Waals surface area contributed by atoms with E-state index in [1.54, 1.807) is 9.80 Å². The van der Waals surface area contributed by atoms with Gasteiger partial charge in [0.1, 0.15) is 0 Å². The first kappa shape index (κ1) is 18.5. The molecule has 1 unspecified atom stereocenters. The lowest BCUT2D eigenvalue weighted by molar-refractivity contribution is -0.132. The standard InChI is InChI=1S/C19H29N3O2/c1-4-22(5-2)18(24)14-21(3)13-17(23)20-19(16-11-12-16)15-9-7-6-8-10-15/h6-10,16,19H,4-5,11-14H2,1-3H3,(H,20,23). The van der Waals surface area contributed by atoms with Crippen molar-refractivity contribution in [3.05, 3.63) is 35.9 Å². The van der Waals surface area contributed by atoms with Crippen LogP contribution in [0.3, 0.4) is 0 Å². The number of nitrogens with one attached hydrogen (secondary N) is 1. The molecule has 1 aliphatic carbocycles. The molecule has 1 saturated carbocycles. The molecule has 1 aromatic carbocycles. The van der Waals surface area contributed by atoms with Gasteiger partial charge in [0, 0.05) is 13.1 Å². The topological polar surface area (TPSA) is 52.7 Å². The first-order valence-electron chi connectivity index (χ1n) is 8.85. The van der Waals surface area contributed by atoms with Gasteiger partial charge in [0.05, 0.1) is 19.1 Å². The van der Waals surface area contributed by atoms with Crippen molar-refractivity contribution in [2.24, 2.45) is 5.92 Å². The molecule has 1 fully saturated rings. The first-order valence-corrected chi connectivity index (χ1v) is 8.85. The second kappa shape index (κ2) is 8.83. The summed E-state index contributed by atoms with van der Waals surface area (Å²) < 4.78 is 0. The predicted octanol–water partition coefficient (Wildman–Crippen LogP) is 2.05. The van der Waals surface area contributed by atoms with Crippen LogP contribution in [0.2, 0.25) is 0 Å². The van der Waals surface area contributed by atoms with Gasteiger partial charge in [-0.25, -0.2) is 0 Å². The van der Waals surface area contributed by atoms with E-state index in [0.717, 1.165) is 18.4 Å². The van der Waals surface area contributed by atoms with Crippen molar-refractivity contribution in [3.63, 3.8) is 0 Å². The summed E-state index contributed by atoms with van der Waals surface area (Å²) in [7, 11) is 1.82. The van der Waals surface area contributed by atoms with Gasteiger partial charge in [-0.3, -0.25) is 14.5 Å². The van der Waals surface area contributed by atoms with Gasteiger partial charge in [0.2, 0.25) is 11.8 Å². The molecule has 0 spiro atoms. The van der Waals surface area contributed by atoms with E-state index in [-0.39, 0.29) is 30.9 Å². The van der Waals surface area contributed by atoms with Crippen LogP contribution in [-0.2, 0) is 9.59 Å². The summed E-state index contributed by atoms with van der Waals surface area (Å²) in [6.07, 6.45) is 2.33. The Labute approximate surface area is 145 Å². The van der Waals surface area contributed by atoms with Crippen molar-refractivity contribution < 1.29 is 9.59 Å². The van der Waals surface area contributed by atoms with Crippen LogP contribution in [0, 0.1) is 5.92 Å². The zero-order chi connectivity index (χ0) is 17.5. The molecule has 5 nitrogen and oxygen atoms in total. The summed E-state index contributed by atoms with van der Waals surface area (Å²) in [6.45, 7) is 5.85. The Morgan fingerprint density at radius 1 is 1.12 bits per heavy atom. The van der Waals surface area contributed by atoms with Crippen LogP contribution < -0.4 is 5.32 Å². The lowest BCUT2D eigenvalue weighted by Gasteiger charge is -2.24. The molecule has 0 bridgehead atoms. The average molecular weight is 331 g/mol. The van der Waals surface area contributed by atoms with Gasteiger partial charge in [0.15, 0.2) is 0 Å². The molecule has 24 heavy (non-hydrogen) atoms. The van der Waals surface area contributed by atoms with E-state index < -0.39 is 0 Å². The third kappa shape index (κ3) is 5.34. The molecule has 5 heteroatoms. The van der Waals surface area contributed by atoms with E-state index >= 15 is 0 Å². The number of rotatable bonds is 9. The second-order valence-electron chi connectivity index (χ2n) is 6.53. The van der Waals surface area contributed by atoms with Gasteiger partial charge in [0.25, 0.3) is 0 Å². The Hall–Kier alpha value is -1.88. The second-order valence-corrected chi connectivity index (χ2v) is 6.53. The van der Waals surface area contributed by atoms with Gasteiger partial charge in [-0.15, -0.1) is 0 Å². The maximum atomic E-state index is 12.4. The van der Waals surface area contributed by atoms with Crippen LogP contribution in [0.1, 0.15) is 38.3 Å². The molecule has 0 saturated heterocycles. The van der Waals surface area contributed by atoms with Crippen LogP contribution >= 0.6 is 0 Å². The number of likely N-dealkylation sites (N-methyl/N-ethyl adjacent to an activating group) is 2. The van der Waals surface area contributed by atoms with E-state index in [1.807, 2.05) is 39.1 Å². The van der Waals surface area contributed by atoms with Crippen LogP contribution in [0.25, 0.3) is 0 Å². The monoisotopic (exact) mass is 331 g/mol. The summed E-state index contributed by atoms with van der Waals surface area (Å²) in [6, 6.07) is 10.2. The van der Waals surface area contributed by atoms with Gasteiger partial charge < -0.3 is 10.2 Å². The quantitative estimate of drug-likeness (QED) is 0.753. The third-order valence-corrected chi connectivity index (χ3v) is 4.50. The molecule has 2 rings (SSSR count). The zero-order valence-corrected chi connectivity index (χ0v) is 15.0. The highest BCUT2D eigenvalue weighted by Gasteiger charge is 2.33. The molecule has 1 atom stereocenters. The number of hydrogen-bond donors (Lipinski definition) is 1. The molecule has 132 valence electrons. The summed E-state index contributed by atoms with van der Waals surface area (Å²) in [4.78, 5) is 28.1. The van der Waals surface area contributed by atoms with Crippen molar-refractivity contribution >= 4 is 11.8 Å². The van der Waals surface area contributed by atoms with Crippen LogP contribution in [-0.4, -0.2) is 54.8 Å². The van der Waals surface area contributed by atoms with Gasteiger partial charge in [-0.1, -0.05) is 30.3 Å². The fraction of sp³-hybridized carbons (Fsp3) is 0.579. The smallest absolute Gasteiger partial charge is 0.236 e. The largest absolute Gasteiger partial charge is 0.348 e. The number of carbonyl (C=O) groups is 2. The lowest BCUT2D eigenvalue weighted by Crippen LogP contribution is -2.43. The van der Waals surface area contributed by atoms with E-state index in [4.69, 9.17) is 0 Å². The maximum Gasteiger partial charge on any atom is 0.236 e. The van der Waals surface area contributed by atoms with E-state index in [9.17, 15) is 9.59 Å². The van der Waals surface area contributed by atoms with Crippen LogP contribution in [0.15, 0.2) is 30.3 Å². The Morgan fingerprint density at radius 3 is 2.29 bits per heavy atom. The van der Waals surface area contributed by atoms with E-state index in [2.05, 4.69) is 17.4 Å². The fourth-order valence-electron chi connectivity index (χ4n) is 2.99.